The summed E-state index contributed by atoms with van der Waals surface area (Å²) in [7, 11) is 0. The molecule has 3 aliphatic heterocycles. The number of phenolic OH excluding ortho intramolecular Hbond substituents is 2. The van der Waals surface area contributed by atoms with E-state index in [1.165, 1.54) is 12.1 Å². The lowest BCUT2D eigenvalue weighted by Gasteiger charge is -2.44. The van der Waals surface area contributed by atoms with Gasteiger partial charge in [0, 0.05) is 33.4 Å². The average molecular weight is 625 g/mol. The number of aliphatic hydroxyl groups excluding tert-OH is 2. The Labute approximate surface area is 261 Å². The lowest BCUT2D eigenvalue weighted by Crippen LogP contribution is -2.60. The Morgan fingerprint density at radius 2 is 1.61 bits per heavy atom. The number of ether oxygens (including phenoxy) is 5. The van der Waals surface area contributed by atoms with Gasteiger partial charge in [0.05, 0.1) is 17.3 Å². The van der Waals surface area contributed by atoms with E-state index < -0.39 is 52.9 Å². The predicted octanol–water partition coefficient (Wildman–Crippen LogP) is 4.20. The van der Waals surface area contributed by atoms with Crippen molar-refractivity contribution in [2.75, 3.05) is 6.79 Å². The molecule has 4 aromatic carbocycles. The van der Waals surface area contributed by atoms with Gasteiger partial charge >= 0.3 is 5.97 Å². The van der Waals surface area contributed by atoms with Crippen molar-refractivity contribution in [3.63, 3.8) is 0 Å². The molecule has 3 fully saturated rings. The van der Waals surface area contributed by atoms with Crippen molar-refractivity contribution in [1.29, 1.82) is 0 Å². The summed E-state index contributed by atoms with van der Waals surface area (Å²) in [6.45, 7) is -0.101. The summed E-state index contributed by atoms with van der Waals surface area (Å²) in [6.07, 6.45) is -2.52. The van der Waals surface area contributed by atoms with Crippen LogP contribution in [-0.4, -0.2) is 63.1 Å². The summed E-state index contributed by atoms with van der Waals surface area (Å²) in [5.41, 5.74) is -0.126. The maximum atomic E-state index is 13.5. The second-order valence-corrected chi connectivity index (χ2v) is 12.7. The third kappa shape index (κ3) is 3.70. The molecule has 2 spiro atoms. The van der Waals surface area contributed by atoms with Gasteiger partial charge in [0.2, 0.25) is 13.1 Å². The number of aromatic hydroxyl groups is 2. The minimum absolute atomic E-state index is 0.0559. The molecule has 4 aromatic rings. The molecular weight excluding hydrogens is 596 g/mol. The third-order valence-electron chi connectivity index (χ3n) is 10.2. The summed E-state index contributed by atoms with van der Waals surface area (Å²) in [5.74, 6) is -1.13. The molecule has 46 heavy (non-hydrogen) atoms. The lowest BCUT2D eigenvalue weighted by atomic mass is 9.80. The van der Waals surface area contributed by atoms with E-state index in [0.29, 0.717) is 57.4 Å². The second kappa shape index (κ2) is 9.35. The van der Waals surface area contributed by atoms with Crippen molar-refractivity contribution in [2.45, 2.75) is 50.0 Å². The zero-order chi connectivity index (χ0) is 31.5. The fourth-order valence-electron chi connectivity index (χ4n) is 7.64. The Bertz CT molecular complexity index is 1980. The van der Waals surface area contributed by atoms with Gasteiger partial charge in [0.25, 0.3) is 0 Å². The molecule has 9 rings (SSSR count). The zero-order valence-corrected chi connectivity index (χ0v) is 24.3. The van der Waals surface area contributed by atoms with Gasteiger partial charge in [-0.2, -0.15) is 0 Å². The number of phenols is 2. The maximum Gasteiger partial charge on any atom is 0.339 e. The van der Waals surface area contributed by atoms with Crippen molar-refractivity contribution < 1.29 is 53.7 Å². The van der Waals surface area contributed by atoms with Gasteiger partial charge in [-0.25, -0.2) is 4.79 Å². The molecule has 11 nitrogen and oxygen atoms in total. The molecule has 3 heterocycles. The Hall–Kier alpha value is -4.84. The van der Waals surface area contributed by atoms with Gasteiger partial charge in [-0.1, -0.05) is 36.4 Å². The first-order chi connectivity index (χ1) is 22.2. The van der Waals surface area contributed by atoms with E-state index in [-0.39, 0.29) is 36.9 Å². The fraction of sp³-hybridized carbons (Fsp3) is 0.314. The van der Waals surface area contributed by atoms with Gasteiger partial charge in [-0.3, -0.25) is 4.79 Å². The molecule has 2 saturated carbocycles. The number of esters is 1. The normalized spacial score (nSPS) is 27.9. The zero-order valence-electron chi connectivity index (χ0n) is 24.3. The quantitative estimate of drug-likeness (QED) is 0.143. The van der Waals surface area contributed by atoms with E-state index in [1.807, 2.05) is 6.07 Å². The van der Waals surface area contributed by atoms with Crippen LogP contribution < -0.4 is 14.2 Å². The van der Waals surface area contributed by atoms with Gasteiger partial charge in [0.1, 0.15) is 18.5 Å². The highest BCUT2D eigenvalue weighted by molar-refractivity contribution is 6.14. The number of rotatable bonds is 5. The van der Waals surface area contributed by atoms with Crippen LogP contribution >= 0.6 is 0 Å². The highest BCUT2D eigenvalue weighted by atomic mass is 16.7. The van der Waals surface area contributed by atoms with Crippen LogP contribution in [0.2, 0.25) is 0 Å². The van der Waals surface area contributed by atoms with Crippen LogP contribution in [-0.2, 0) is 16.1 Å². The SMILES string of the molecule is O=C1OCc2c1c(-c1ccc3c(c1)OCO3)c1cc(O)c(O)cc1c2OC1OC2(CC2)[C@@H](O)C2(CC2C(=O)c2ccccc2)[C@H]1O. The summed E-state index contributed by atoms with van der Waals surface area (Å²) < 4.78 is 29.3. The molecule has 11 heteroatoms. The molecule has 2 aliphatic carbocycles. The van der Waals surface area contributed by atoms with E-state index in [0.717, 1.165) is 0 Å². The minimum Gasteiger partial charge on any atom is -0.504 e. The lowest BCUT2D eigenvalue weighted by molar-refractivity contribution is -0.278. The molecule has 0 bridgehead atoms. The van der Waals surface area contributed by atoms with Crippen molar-refractivity contribution in [2.24, 2.45) is 11.3 Å². The summed E-state index contributed by atoms with van der Waals surface area (Å²) in [6, 6.07) is 16.6. The highest BCUT2D eigenvalue weighted by Crippen LogP contribution is 2.68. The summed E-state index contributed by atoms with van der Waals surface area (Å²) in [5, 5.41) is 45.3. The largest absolute Gasteiger partial charge is 0.504 e. The first kappa shape index (κ1) is 27.5. The summed E-state index contributed by atoms with van der Waals surface area (Å²) >= 11 is 0. The number of benzene rings is 4. The maximum absolute atomic E-state index is 13.5. The number of cyclic esters (lactones) is 1. The van der Waals surface area contributed by atoms with Gasteiger partial charge < -0.3 is 44.1 Å². The van der Waals surface area contributed by atoms with Gasteiger partial charge in [-0.15, -0.1) is 0 Å². The fourth-order valence-corrected chi connectivity index (χ4v) is 7.64. The molecule has 0 radical (unpaired) electrons. The monoisotopic (exact) mass is 624 g/mol. The average Bonchev–Trinajstić information content (AvgIpc) is 3.92. The van der Waals surface area contributed by atoms with Crippen LogP contribution in [0.5, 0.6) is 28.7 Å². The van der Waals surface area contributed by atoms with Crippen molar-refractivity contribution >= 4 is 22.5 Å². The van der Waals surface area contributed by atoms with Crippen molar-refractivity contribution in [3.05, 3.63) is 77.4 Å². The van der Waals surface area contributed by atoms with Crippen LogP contribution in [0.25, 0.3) is 21.9 Å². The molecule has 5 atom stereocenters. The van der Waals surface area contributed by atoms with Crippen LogP contribution in [0.4, 0.5) is 0 Å². The highest BCUT2D eigenvalue weighted by Gasteiger charge is 2.77. The molecule has 1 saturated heterocycles. The molecule has 3 unspecified atom stereocenters. The van der Waals surface area contributed by atoms with E-state index in [4.69, 9.17) is 23.7 Å². The first-order valence-electron chi connectivity index (χ1n) is 15.1. The number of carbonyl (C=O) groups excluding carboxylic acids is 2. The Balaban J connectivity index is 1.17. The molecule has 0 aromatic heterocycles. The Morgan fingerprint density at radius 1 is 0.870 bits per heavy atom. The third-order valence-corrected chi connectivity index (χ3v) is 10.2. The summed E-state index contributed by atoms with van der Waals surface area (Å²) in [4.78, 5) is 26.8. The van der Waals surface area contributed by atoms with E-state index in [1.54, 1.807) is 42.5 Å². The number of Topliss-reactive ketones (excluding diaryl/α,β-unsaturated/α-hetero) is 1. The predicted molar refractivity (Wildman–Crippen MR) is 159 cm³/mol. The Kier molecular flexibility index (Phi) is 5.58. The second-order valence-electron chi connectivity index (χ2n) is 12.7. The van der Waals surface area contributed by atoms with Gasteiger partial charge in [0.15, 0.2) is 28.8 Å². The number of aliphatic hydroxyl groups is 2. The van der Waals surface area contributed by atoms with Crippen LogP contribution in [0.15, 0.2) is 60.7 Å². The topological polar surface area (TPSA) is 161 Å². The smallest absolute Gasteiger partial charge is 0.339 e. The van der Waals surface area contributed by atoms with Crippen LogP contribution in [0.1, 0.15) is 45.5 Å². The van der Waals surface area contributed by atoms with Crippen LogP contribution in [0, 0.1) is 11.3 Å². The van der Waals surface area contributed by atoms with Gasteiger partial charge in [-0.05, 0) is 54.5 Å². The molecular formula is C35H28O11. The number of fused-ring (bicyclic) bond motifs is 3. The Morgan fingerprint density at radius 3 is 2.37 bits per heavy atom. The molecule has 0 amide bonds. The molecule has 5 aliphatic rings. The van der Waals surface area contributed by atoms with E-state index in [2.05, 4.69) is 0 Å². The number of carbonyl (C=O) groups is 2. The molecule has 234 valence electrons. The number of hydrogen-bond acceptors (Lipinski definition) is 11. The minimum atomic E-state index is -1.41. The molecule has 4 N–H and O–H groups in total. The van der Waals surface area contributed by atoms with E-state index in [9.17, 15) is 30.0 Å². The van der Waals surface area contributed by atoms with Crippen molar-refractivity contribution in [1.82, 2.24) is 0 Å². The number of hydrogen-bond donors (Lipinski definition) is 4. The first-order valence-corrected chi connectivity index (χ1v) is 15.1. The standard InChI is InChI=1S/C35H28O11/c36-22-11-18-19(12-23(22)37)29(20-14-42-31(40)27(20)26(18)17-6-7-24-25(10-17)44-15-43-24)45-32-30(39)35(33(41)34(46-32)8-9-34)13-21(35)28(38)16-4-2-1-3-5-16/h1-7,10-12,21,30,32-33,36-37,39,41H,8-9,13-15H2/t21?,30-,32?,33+,35?/m0/s1. The van der Waals surface area contributed by atoms with Crippen LogP contribution in [0.3, 0.4) is 0 Å². The van der Waals surface area contributed by atoms with Crippen molar-refractivity contribution in [3.8, 4) is 39.9 Å². The number of ketones is 1. The van der Waals surface area contributed by atoms with E-state index >= 15 is 0 Å².